The van der Waals surface area contributed by atoms with E-state index in [1.54, 1.807) is 0 Å². The van der Waals surface area contributed by atoms with E-state index < -0.39 is 0 Å². The zero-order valence-electron chi connectivity index (χ0n) is 31.0. The Morgan fingerprint density at radius 3 is 2.29 bits per heavy atom. The van der Waals surface area contributed by atoms with Crippen LogP contribution in [0.2, 0.25) is 0 Å². The van der Waals surface area contributed by atoms with E-state index in [-0.39, 0.29) is 0 Å². The molecule has 4 heterocycles. The quantitative estimate of drug-likeness (QED) is 0.186. The van der Waals surface area contributed by atoms with Gasteiger partial charge in [0.2, 0.25) is 0 Å². The molecule has 0 saturated heterocycles. The average Bonchev–Trinajstić information content (AvgIpc) is 3.56. The van der Waals surface area contributed by atoms with Crippen LogP contribution in [-0.4, -0.2) is 17.7 Å². The normalized spacial score (nSPS) is 16.4. The maximum atomic E-state index is 3.61. The molecule has 1 aliphatic carbocycles. The third-order valence-electron chi connectivity index (χ3n) is 11.7. The van der Waals surface area contributed by atoms with E-state index in [4.69, 9.17) is 0 Å². The maximum absolute atomic E-state index is 3.61. The van der Waals surface area contributed by atoms with Gasteiger partial charge in [-0.3, -0.25) is 0 Å². The van der Waals surface area contributed by atoms with Gasteiger partial charge < -0.3 is 20.1 Å². The van der Waals surface area contributed by atoms with Crippen molar-refractivity contribution in [2.45, 2.75) is 12.3 Å². The Bertz CT molecular complexity index is 2840. The Morgan fingerprint density at radius 1 is 0.661 bits per heavy atom. The van der Waals surface area contributed by atoms with Crippen LogP contribution in [0.3, 0.4) is 0 Å². The molecule has 4 heteroatoms. The summed E-state index contributed by atoms with van der Waals surface area (Å²) in [6, 6.07) is 51.5. The molecule has 3 aliphatic heterocycles. The minimum absolute atomic E-state index is 0.311. The summed E-state index contributed by atoms with van der Waals surface area (Å²) in [5.41, 5.74) is 19.6. The van der Waals surface area contributed by atoms with E-state index in [1.807, 2.05) is 6.20 Å². The molecule has 0 radical (unpaired) electrons. The first kappa shape index (κ1) is 32.4. The van der Waals surface area contributed by atoms with Crippen LogP contribution >= 0.6 is 0 Å². The van der Waals surface area contributed by atoms with Gasteiger partial charge in [0.05, 0.1) is 22.6 Å². The van der Waals surface area contributed by atoms with E-state index in [0.29, 0.717) is 5.92 Å². The molecule has 4 aliphatic rings. The molecule has 0 amide bonds. The highest BCUT2D eigenvalue weighted by molar-refractivity contribution is 6.12. The number of hydrogen-bond donors (Lipinski definition) is 2. The number of fused-ring (bicyclic) bond motifs is 8. The molecule has 11 rings (SSSR count). The first-order chi connectivity index (χ1) is 27.8. The van der Waals surface area contributed by atoms with Gasteiger partial charge in [-0.2, -0.15) is 0 Å². The van der Waals surface area contributed by atoms with Crippen molar-refractivity contribution in [2.24, 2.45) is 0 Å². The fraction of sp³-hybridized carbons (Fsp3) is 0.0769. The van der Waals surface area contributed by atoms with E-state index in [2.05, 4.69) is 202 Å². The summed E-state index contributed by atoms with van der Waals surface area (Å²) < 4.78 is 2.48. The number of aromatic nitrogens is 1. The van der Waals surface area contributed by atoms with Crippen LogP contribution < -0.4 is 15.5 Å². The highest BCUT2D eigenvalue weighted by Gasteiger charge is 2.32. The second-order valence-corrected chi connectivity index (χ2v) is 14.9. The van der Waals surface area contributed by atoms with Gasteiger partial charge in [0.1, 0.15) is 0 Å². The Balaban J connectivity index is 1.03. The Morgan fingerprint density at radius 2 is 1.45 bits per heavy atom. The molecular formula is C52H40N4. The fourth-order valence-electron chi connectivity index (χ4n) is 9.13. The Kier molecular flexibility index (Phi) is 7.73. The predicted octanol–water partition coefficient (Wildman–Crippen LogP) is 12.6. The molecule has 6 aromatic carbocycles. The van der Waals surface area contributed by atoms with Crippen molar-refractivity contribution < 1.29 is 0 Å². The van der Waals surface area contributed by atoms with Crippen LogP contribution in [-0.2, 0) is 0 Å². The van der Waals surface area contributed by atoms with Crippen molar-refractivity contribution in [3.8, 4) is 39.2 Å². The van der Waals surface area contributed by atoms with Crippen LogP contribution in [0.1, 0.15) is 29.0 Å². The van der Waals surface area contributed by atoms with Crippen LogP contribution in [0, 0.1) is 0 Å². The third-order valence-corrected chi connectivity index (χ3v) is 11.7. The van der Waals surface area contributed by atoms with Gasteiger partial charge in [0.15, 0.2) is 0 Å². The number of anilines is 3. The van der Waals surface area contributed by atoms with Gasteiger partial charge in [-0.15, -0.1) is 0 Å². The molecule has 1 unspecified atom stereocenters. The summed E-state index contributed by atoms with van der Waals surface area (Å²) >= 11 is 0. The van der Waals surface area contributed by atoms with Gasteiger partial charge in [-0.25, -0.2) is 0 Å². The molecule has 0 spiro atoms. The smallest absolute Gasteiger partial charge is 0.0641 e. The van der Waals surface area contributed by atoms with Crippen molar-refractivity contribution in [3.63, 3.8) is 0 Å². The average molecular weight is 721 g/mol. The number of nitrogens with one attached hydrogen (secondary N) is 2. The lowest BCUT2D eigenvalue weighted by Gasteiger charge is -2.30. The highest BCUT2D eigenvalue weighted by atomic mass is 15.2. The molecule has 0 fully saturated rings. The number of dihydropyridines is 1. The van der Waals surface area contributed by atoms with Crippen molar-refractivity contribution >= 4 is 39.6 Å². The number of rotatable bonds is 5. The van der Waals surface area contributed by atoms with Crippen LogP contribution in [0.4, 0.5) is 17.1 Å². The molecule has 4 nitrogen and oxygen atoms in total. The van der Waals surface area contributed by atoms with Gasteiger partial charge in [0.25, 0.3) is 0 Å². The molecule has 7 aromatic rings. The predicted molar refractivity (Wildman–Crippen MR) is 235 cm³/mol. The summed E-state index contributed by atoms with van der Waals surface area (Å²) in [6.07, 6.45) is 18.8. The number of allylic oxidation sites excluding steroid dienone is 5. The monoisotopic (exact) mass is 720 g/mol. The molecular weight excluding hydrogens is 681 g/mol. The molecule has 1 aromatic heterocycles. The molecule has 0 saturated carbocycles. The van der Waals surface area contributed by atoms with Gasteiger partial charge in [-0.1, -0.05) is 140 Å². The molecule has 1 atom stereocenters. The second kappa shape index (κ2) is 13.4. The number of nitrogens with zero attached hydrogens (tertiary/aromatic N) is 2. The Hall–Kier alpha value is -7.04. The second-order valence-electron chi connectivity index (χ2n) is 14.9. The SMILES string of the molecule is C1=CNCC(c2cccc(C3C=CC(N4c5ccccc5-c5c(n(-c6ccc(-c7cccc8c7NCC=C8)cc6)c6ccccc56)-c5ccccc54)=CC3)c2)=C1. The van der Waals surface area contributed by atoms with Gasteiger partial charge in [0, 0.05) is 63.7 Å². The summed E-state index contributed by atoms with van der Waals surface area (Å²) in [7, 11) is 0. The topological polar surface area (TPSA) is 32.2 Å². The first-order valence-corrected chi connectivity index (χ1v) is 19.6. The minimum atomic E-state index is 0.311. The summed E-state index contributed by atoms with van der Waals surface area (Å²) in [4.78, 5) is 2.49. The van der Waals surface area contributed by atoms with Crippen LogP contribution in [0.15, 0.2) is 188 Å². The molecule has 0 bridgehead atoms. The lowest BCUT2D eigenvalue weighted by Crippen LogP contribution is -2.18. The number of para-hydroxylation sites is 4. The zero-order chi connectivity index (χ0) is 37.0. The van der Waals surface area contributed by atoms with Gasteiger partial charge >= 0.3 is 0 Å². The lowest BCUT2D eigenvalue weighted by atomic mass is 9.89. The maximum Gasteiger partial charge on any atom is 0.0641 e. The van der Waals surface area contributed by atoms with Gasteiger partial charge in [-0.05, 0) is 82.9 Å². The zero-order valence-corrected chi connectivity index (χ0v) is 31.0. The standard InChI is InChI=1S/C52H40N4/c1-4-20-47-44(16-1)50-45-17-2-5-21-48(45)56(42-29-25-36(26-30-42)43-19-8-11-37-14-10-32-54-51(37)43)52(50)46-18-3-6-22-49(46)55(47)41-27-23-35(24-28-41)38-12-7-13-39(33-38)40-15-9-31-53-34-40/h1-23,25-31,33,35,53-54H,24,32,34H2. The summed E-state index contributed by atoms with van der Waals surface area (Å²) in [5.74, 6) is 0.311. The molecule has 56 heavy (non-hydrogen) atoms. The van der Waals surface area contributed by atoms with E-state index >= 15 is 0 Å². The van der Waals surface area contributed by atoms with E-state index in [9.17, 15) is 0 Å². The van der Waals surface area contributed by atoms with E-state index in [1.165, 1.54) is 89.4 Å². The van der Waals surface area contributed by atoms with Crippen molar-refractivity contribution in [3.05, 3.63) is 205 Å². The van der Waals surface area contributed by atoms with Crippen molar-refractivity contribution in [2.75, 3.05) is 23.3 Å². The Labute approximate surface area is 327 Å². The minimum Gasteiger partial charge on any atom is -0.387 e. The lowest BCUT2D eigenvalue weighted by molar-refractivity contribution is 0.839. The van der Waals surface area contributed by atoms with Crippen LogP contribution in [0.25, 0.3) is 61.8 Å². The summed E-state index contributed by atoms with van der Waals surface area (Å²) in [6.45, 7) is 1.70. The summed E-state index contributed by atoms with van der Waals surface area (Å²) in [5, 5.41) is 8.21. The van der Waals surface area contributed by atoms with Crippen molar-refractivity contribution in [1.29, 1.82) is 0 Å². The van der Waals surface area contributed by atoms with E-state index in [0.717, 1.165) is 25.2 Å². The number of hydrogen-bond acceptors (Lipinski definition) is 3. The van der Waals surface area contributed by atoms with Crippen molar-refractivity contribution in [1.82, 2.24) is 9.88 Å². The first-order valence-electron chi connectivity index (χ1n) is 19.6. The third kappa shape index (κ3) is 5.29. The fourth-order valence-corrected chi connectivity index (χ4v) is 9.13. The molecule has 2 N–H and O–H groups in total. The highest BCUT2D eigenvalue weighted by Crippen LogP contribution is 2.54. The largest absolute Gasteiger partial charge is 0.387 e. The number of benzene rings is 6. The van der Waals surface area contributed by atoms with Crippen LogP contribution in [0.5, 0.6) is 0 Å². The molecule has 268 valence electrons.